The van der Waals surface area contributed by atoms with Crippen LogP contribution in [0.2, 0.25) is 18.1 Å². The van der Waals surface area contributed by atoms with Crippen molar-refractivity contribution in [2.45, 2.75) is 51.2 Å². The third-order valence-electron chi connectivity index (χ3n) is 4.99. The second-order valence-corrected chi connectivity index (χ2v) is 14.2. The average Bonchev–Trinajstić information content (AvgIpc) is 2.93. The van der Waals surface area contributed by atoms with E-state index < -0.39 is 31.3 Å². The van der Waals surface area contributed by atoms with E-state index >= 15 is 0 Å². The van der Waals surface area contributed by atoms with Crippen molar-refractivity contribution in [1.29, 1.82) is 0 Å². The van der Waals surface area contributed by atoms with Crippen LogP contribution in [-0.4, -0.2) is 8.07 Å². The van der Waals surface area contributed by atoms with Gasteiger partial charge in [-0.3, -0.25) is 0 Å². The van der Waals surface area contributed by atoms with Crippen molar-refractivity contribution >= 4 is 8.07 Å². The molecule has 0 N–H and O–H groups in total. The molecular formula is C16H22Cl2SiZr. The van der Waals surface area contributed by atoms with Gasteiger partial charge in [0.25, 0.3) is 0 Å². The topological polar surface area (TPSA) is 0 Å². The van der Waals surface area contributed by atoms with E-state index in [0.29, 0.717) is 0 Å². The molecule has 3 rings (SSSR count). The van der Waals surface area contributed by atoms with Crippen LogP contribution in [0.15, 0.2) is 41.6 Å². The summed E-state index contributed by atoms with van der Waals surface area (Å²) < 4.78 is 3.71. The van der Waals surface area contributed by atoms with Gasteiger partial charge in [0, 0.05) is 0 Å². The van der Waals surface area contributed by atoms with Crippen molar-refractivity contribution in [3.63, 3.8) is 0 Å². The van der Waals surface area contributed by atoms with Crippen LogP contribution in [0.4, 0.5) is 0 Å². The summed E-state index contributed by atoms with van der Waals surface area (Å²) in [4.78, 5) is 0. The fraction of sp³-hybridized carbons (Fsp3) is 0.500. The number of hydrogen-bond acceptors (Lipinski definition) is 0. The summed E-state index contributed by atoms with van der Waals surface area (Å²) in [5.41, 5.74) is 1.66. The van der Waals surface area contributed by atoms with Gasteiger partial charge in [-0.25, -0.2) is 0 Å². The molecule has 0 atom stereocenters. The maximum absolute atomic E-state index is 2.54. The monoisotopic (exact) mass is 402 g/mol. The Morgan fingerprint density at radius 1 is 1.20 bits per heavy atom. The Morgan fingerprint density at radius 3 is 2.45 bits per heavy atom. The van der Waals surface area contributed by atoms with Crippen molar-refractivity contribution in [1.82, 2.24) is 0 Å². The summed E-state index contributed by atoms with van der Waals surface area (Å²) in [6, 6.07) is 4.70. The smallest absolute Gasteiger partial charge is 1.00 e. The van der Waals surface area contributed by atoms with Crippen LogP contribution in [0, 0.1) is 0 Å². The molecule has 2 aliphatic carbocycles. The second kappa shape index (κ2) is 7.77. The van der Waals surface area contributed by atoms with Crippen molar-refractivity contribution in [3.8, 4) is 0 Å². The van der Waals surface area contributed by atoms with Crippen LogP contribution < -0.4 is 24.8 Å². The zero-order chi connectivity index (χ0) is 12.6. The first kappa shape index (κ1) is 18.7. The van der Waals surface area contributed by atoms with E-state index in [1.165, 1.54) is 25.3 Å². The number of halogens is 2. The summed E-state index contributed by atoms with van der Waals surface area (Å²) in [5, 5.41) is 2.01. The van der Waals surface area contributed by atoms with Gasteiger partial charge in [-0.05, 0) is 0 Å². The predicted molar refractivity (Wildman–Crippen MR) is 77.7 cm³/mol. The molecule has 1 fully saturated rings. The van der Waals surface area contributed by atoms with Gasteiger partial charge in [-0.15, -0.1) is 0 Å². The van der Waals surface area contributed by atoms with E-state index in [0.717, 1.165) is 0 Å². The van der Waals surface area contributed by atoms with Crippen molar-refractivity contribution in [2.24, 2.45) is 0 Å². The molecular weight excluding hydrogens is 382 g/mol. The van der Waals surface area contributed by atoms with E-state index in [1.807, 2.05) is 8.48 Å². The maximum atomic E-state index is 2.54. The summed E-state index contributed by atoms with van der Waals surface area (Å²) in [5.74, 6) is 0. The first-order valence-electron chi connectivity index (χ1n) is 7.29. The number of rotatable bonds is 4. The molecule has 0 radical (unpaired) electrons. The zero-order valence-electron chi connectivity index (χ0n) is 12.3. The van der Waals surface area contributed by atoms with E-state index in [9.17, 15) is 0 Å². The maximum Gasteiger partial charge on any atom is -1.00 e. The van der Waals surface area contributed by atoms with Crippen molar-refractivity contribution in [3.05, 3.63) is 41.6 Å². The molecule has 0 aromatic rings. The van der Waals surface area contributed by atoms with Gasteiger partial charge in [0.1, 0.15) is 0 Å². The molecule has 0 amide bonds. The predicted octanol–water partition coefficient (Wildman–Crippen LogP) is -1.06. The van der Waals surface area contributed by atoms with E-state index in [2.05, 4.69) is 38.2 Å². The minimum Gasteiger partial charge on any atom is -1.00 e. The average molecular weight is 405 g/mol. The molecule has 0 spiro atoms. The second-order valence-electron chi connectivity index (χ2n) is 5.88. The zero-order valence-corrected chi connectivity index (χ0v) is 17.3. The number of hydrogen-bond donors (Lipinski definition) is 0. The van der Waals surface area contributed by atoms with Crippen molar-refractivity contribution in [2.75, 3.05) is 0 Å². The quantitative estimate of drug-likeness (QED) is 0.524. The van der Waals surface area contributed by atoms with Crippen LogP contribution >= 0.6 is 0 Å². The Kier molecular flexibility index (Phi) is 7.26. The molecule has 0 nitrogen and oxygen atoms in total. The Hall–Kier alpha value is 0.640. The van der Waals surface area contributed by atoms with Gasteiger partial charge in [-0.2, -0.15) is 0 Å². The summed E-state index contributed by atoms with van der Waals surface area (Å²) in [6.45, 7) is 4.84. The molecule has 0 aromatic carbocycles. The molecule has 1 aliphatic heterocycles. The van der Waals surface area contributed by atoms with Crippen LogP contribution in [0.5, 0.6) is 0 Å². The molecule has 3 aliphatic rings. The first-order chi connectivity index (χ1) is 8.75. The Balaban J connectivity index is 0.000001000. The fourth-order valence-electron chi connectivity index (χ4n) is 3.53. The van der Waals surface area contributed by atoms with Crippen molar-refractivity contribution < 1.29 is 48.0 Å². The summed E-state index contributed by atoms with van der Waals surface area (Å²) in [6.07, 6.45) is 13.7. The molecule has 108 valence electrons. The third kappa shape index (κ3) is 3.35. The van der Waals surface area contributed by atoms with Gasteiger partial charge in [0.2, 0.25) is 0 Å². The van der Waals surface area contributed by atoms with Gasteiger partial charge in [-0.1, -0.05) is 0 Å². The van der Waals surface area contributed by atoms with Crippen LogP contribution in [0.3, 0.4) is 0 Å². The van der Waals surface area contributed by atoms with E-state index in [1.54, 1.807) is 20.9 Å². The van der Waals surface area contributed by atoms with Crippen LogP contribution in [0.25, 0.3) is 0 Å². The van der Waals surface area contributed by atoms with Gasteiger partial charge < -0.3 is 24.8 Å². The molecule has 1 heterocycles. The fourth-order valence-corrected chi connectivity index (χ4v) is 13.2. The standard InChI is InChI=1S/C11H17Si.C5H5.2ClH.Zr/c1-3-12(7-4-8-12)11-6-5-10(2)9-11;1-2-4-5-3-1;;;/h5H,3-4,6-8H2,1-2H3;1-3H,4H2;2*1H;/q;;;;+2/p-2. The Morgan fingerprint density at radius 2 is 1.95 bits per heavy atom. The molecule has 0 aromatic heterocycles. The molecule has 20 heavy (non-hydrogen) atoms. The Bertz CT molecular complexity index is 479. The molecule has 4 heteroatoms. The molecule has 0 saturated carbocycles. The molecule has 0 bridgehead atoms. The normalized spacial score (nSPS) is 22.3. The Labute approximate surface area is 148 Å². The molecule has 1 saturated heterocycles. The van der Waals surface area contributed by atoms with Gasteiger partial charge >= 0.3 is 124 Å². The SMILES string of the molecule is CC[Si]1(C2=[C]([Zr+2][C]3=CC=CC3)C(C)=CC2)CCC1.[Cl-].[Cl-]. The van der Waals surface area contributed by atoms with Gasteiger partial charge in [0.15, 0.2) is 0 Å². The minimum absolute atomic E-state index is 0. The number of allylic oxidation sites excluding steroid dienone is 8. The summed E-state index contributed by atoms with van der Waals surface area (Å²) in [7, 11) is -0.938. The largest absolute Gasteiger partial charge is 1.00 e. The van der Waals surface area contributed by atoms with E-state index in [4.69, 9.17) is 0 Å². The van der Waals surface area contributed by atoms with Gasteiger partial charge in [0.05, 0.1) is 0 Å². The first-order valence-corrected chi connectivity index (χ1v) is 12.4. The molecule has 0 unspecified atom stereocenters. The summed E-state index contributed by atoms with van der Waals surface area (Å²) >= 11 is -0.461. The van der Waals surface area contributed by atoms with Crippen LogP contribution in [-0.2, 0) is 23.2 Å². The van der Waals surface area contributed by atoms with E-state index in [-0.39, 0.29) is 24.8 Å². The minimum atomic E-state index is -0.938. The third-order valence-corrected chi connectivity index (χ3v) is 15.3. The van der Waals surface area contributed by atoms with Crippen LogP contribution in [0.1, 0.15) is 33.1 Å².